The number of ether oxygens (including phenoxy) is 1. The molecule has 0 fully saturated rings. The Kier molecular flexibility index (Phi) is 3.99. The van der Waals surface area contributed by atoms with Crippen LogP contribution in [0.4, 0.5) is 0 Å². The maximum Gasteiger partial charge on any atom is 0.137 e. The van der Waals surface area contributed by atoms with Crippen LogP contribution in [0.1, 0.15) is 12.0 Å². The first-order chi connectivity index (χ1) is 6.24. The fourth-order valence-electron chi connectivity index (χ4n) is 0.885. The summed E-state index contributed by atoms with van der Waals surface area (Å²) >= 11 is 5.76. The van der Waals surface area contributed by atoms with Crippen molar-refractivity contribution < 1.29 is 4.74 Å². The number of hydrogen-bond acceptors (Lipinski definition) is 3. The lowest BCUT2D eigenvalue weighted by Gasteiger charge is -2.05. The predicted octanol–water partition coefficient (Wildman–Crippen LogP) is 1.77. The summed E-state index contributed by atoms with van der Waals surface area (Å²) in [5.74, 6) is 0.746. The monoisotopic (exact) mass is 200 g/mol. The highest BCUT2D eigenvalue weighted by molar-refractivity contribution is 6.30. The van der Waals surface area contributed by atoms with Crippen LogP contribution in [0.25, 0.3) is 0 Å². The number of rotatable bonds is 4. The molecule has 1 heterocycles. The lowest BCUT2D eigenvalue weighted by molar-refractivity contribution is 0.312. The third-order valence-corrected chi connectivity index (χ3v) is 2.00. The second-order valence-corrected chi connectivity index (χ2v) is 3.13. The minimum atomic E-state index is 0.520. The van der Waals surface area contributed by atoms with Gasteiger partial charge in [-0.15, -0.1) is 0 Å². The van der Waals surface area contributed by atoms with E-state index in [9.17, 15) is 0 Å². The van der Waals surface area contributed by atoms with E-state index in [0.29, 0.717) is 18.3 Å². The Hall–Kier alpha value is -0.800. The van der Waals surface area contributed by atoms with E-state index in [4.69, 9.17) is 22.1 Å². The van der Waals surface area contributed by atoms with Crippen LogP contribution in [0.3, 0.4) is 0 Å². The van der Waals surface area contributed by atoms with E-state index in [-0.39, 0.29) is 0 Å². The minimum absolute atomic E-state index is 0.520. The molecule has 0 aliphatic carbocycles. The van der Waals surface area contributed by atoms with Gasteiger partial charge in [0.15, 0.2) is 0 Å². The smallest absolute Gasteiger partial charge is 0.137 e. The molecule has 0 aromatic carbocycles. The molecular weight excluding hydrogens is 188 g/mol. The predicted molar refractivity (Wildman–Crippen MR) is 53.2 cm³/mol. The van der Waals surface area contributed by atoms with E-state index < -0.39 is 0 Å². The molecule has 0 aliphatic heterocycles. The highest BCUT2D eigenvalue weighted by Crippen LogP contribution is 2.17. The first kappa shape index (κ1) is 10.3. The Morgan fingerprint density at radius 2 is 2.38 bits per heavy atom. The molecule has 0 saturated carbocycles. The van der Waals surface area contributed by atoms with Crippen LogP contribution in [0, 0.1) is 6.92 Å². The van der Waals surface area contributed by atoms with Gasteiger partial charge < -0.3 is 10.5 Å². The van der Waals surface area contributed by atoms with Crippen molar-refractivity contribution >= 4 is 11.6 Å². The number of pyridine rings is 1. The van der Waals surface area contributed by atoms with Gasteiger partial charge in [0.05, 0.1) is 12.8 Å². The molecule has 1 rings (SSSR count). The van der Waals surface area contributed by atoms with E-state index in [0.717, 1.165) is 17.7 Å². The van der Waals surface area contributed by atoms with Gasteiger partial charge in [0.25, 0.3) is 0 Å². The van der Waals surface area contributed by atoms with Crippen LogP contribution in [-0.4, -0.2) is 18.1 Å². The molecular formula is C9H13ClN2O. The van der Waals surface area contributed by atoms with Gasteiger partial charge in [-0.25, -0.2) is 4.98 Å². The van der Waals surface area contributed by atoms with Gasteiger partial charge in [-0.3, -0.25) is 0 Å². The Bertz CT molecular complexity index is 278. The summed E-state index contributed by atoms with van der Waals surface area (Å²) < 4.78 is 5.38. The Labute approximate surface area is 82.9 Å². The first-order valence-electron chi connectivity index (χ1n) is 4.19. The average molecular weight is 201 g/mol. The molecule has 13 heavy (non-hydrogen) atoms. The van der Waals surface area contributed by atoms with Gasteiger partial charge in [-0.1, -0.05) is 11.6 Å². The van der Waals surface area contributed by atoms with Crippen molar-refractivity contribution in [3.63, 3.8) is 0 Å². The van der Waals surface area contributed by atoms with E-state index >= 15 is 0 Å². The summed E-state index contributed by atoms with van der Waals surface area (Å²) in [5, 5.41) is 0.520. The third-order valence-electron chi connectivity index (χ3n) is 1.61. The van der Waals surface area contributed by atoms with Crippen LogP contribution in [0.5, 0.6) is 5.75 Å². The third kappa shape index (κ3) is 3.20. The minimum Gasteiger partial charge on any atom is -0.492 e. The molecule has 0 bridgehead atoms. The fourth-order valence-corrected chi connectivity index (χ4v) is 0.988. The lowest BCUT2D eigenvalue weighted by atomic mass is 10.3. The molecule has 3 nitrogen and oxygen atoms in total. The molecule has 0 amide bonds. The quantitative estimate of drug-likeness (QED) is 0.595. The second-order valence-electron chi connectivity index (χ2n) is 2.77. The fraction of sp³-hybridized carbons (Fsp3) is 0.444. The number of hydrogen-bond donors (Lipinski definition) is 1. The van der Waals surface area contributed by atoms with Gasteiger partial charge in [0, 0.05) is 0 Å². The molecule has 0 atom stereocenters. The summed E-state index contributed by atoms with van der Waals surface area (Å²) in [6.45, 7) is 3.16. The highest BCUT2D eigenvalue weighted by atomic mass is 35.5. The van der Waals surface area contributed by atoms with Crippen molar-refractivity contribution in [2.45, 2.75) is 13.3 Å². The number of halogens is 1. The van der Waals surface area contributed by atoms with Crippen molar-refractivity contribution in [2.75, 3.05) is 13.2 Å². The number of nitrogens with two attached hydrogens (primary N) is 1. The van der Waals surface area contributed by atoms with Crippen molar-refractivity contribution in [2.24, 2.45) is 5.73 Å². The average Bonchev–Trinajstić information content (AvgIpc) is 2.12. The molecule has 72 valence electrons. The Morgan fingerprint density at radius 1 is 1.62 bits per heavy atom. The van der Waals surface area contributed by atoms with Crippen molar-refractivity contribution in [1.29, 1.82) is 0 Å². The molecule has 1 aromatic rings. The van der Waals surface area contributed by atoms with Crippen LogP contribution >= 0.6 is 11.6 Å². The highest BCUT2D eigenvalue weighted by Gasteiger charge is 1.98. The molecule has 2 N–H and O–H groups in total. The zero-order valence-corrected chi connectivity index (χ0v) is 8.34. The molecule has 0 unspecified atom stereocenters. The van der Waals surface area contributed by atoms with Gasteiger partial charge in [0.2, 0.25) is 0 Å². The van der Waals surface area contributed by atoms with Crippen LogP contribution < -0.4 is 10.5 Å². The molecule has 1 aromatic heterocycles. The van der Waals surface area contributed by atoms with Crippen LogP contribution in [0.15, 0.2) is 12.3 Å². The SMILES string of the molecule is Cc1cc(OCCCN)cnc1Cl. The van der Waals surface area contributed by atoms with Gasteiger partial charge in [-0.2, -0.15) is 0 Å². The summed E-state index contributed by atoms with van der Waals surface area (Å²) in [6.07, 6.45) is 2.47. The molecule has 0 aliphatic rings. The van der Waals surface area contributed by atoms with E-state index in [1.165, 1.54) is 0 Å². The van der Waals surface area contributed by atoms with Gasteiger partial charge >= 0.3 is 0 Å². The standard InChI is InChI=1S/C9H13ClN2O/c1-7-5-8(6-12-9(7)10)13-4-2-3-11/h5-6H,2-4,11H2,1H3. The van der Waals surface area contributed by atoms with Gasteiger partial charge in [-0.05, 0) is 31.5 Å². The second kappa shape index (κ2) is 5.04. The number of nitrogens with zero attached hydrogens (tertiary/aromatic N) is 1. The van der Waals surface area contributed by atoms with E-state index in [1.807, 2.05) is 13.0 Å². The molecule has 0 spiro atoms. The molecule has 0 saturated heterocycles. The largest absolute Gasteiger partial charge is 0.492 e. The molecule has 0 radical (unpaired) electrons. The molecule has 4 heteroatoms. The van der Waals surface area contributed by atoms with Crippen LogP contribution in [0.2, 0.25) is 5.15 Å². The normalized spacial score (nSPS) is 10.1. The summed E-state index contributed by atoms with van der Waals surface area (Å²) in [7, 11) is 0. The van der Waals surface area contributed by atoms with Crippen LogP contribution in [-0.2, 0) is 0 Å². The maximum absolute atomic E-state index is 5.76. The van der Waals surface area contributed by atoms with Crippen molar-refractivity contribution in [3.8, 4) is 5.75 Å². The topological polar surface area (TPSA) is 48.1 Å². The first-order valence-corrected chi connectivity index (χ1v) is 4.57. The number of aromatic nitrogens is 1. The zero-order valence-electron chi connectivity index (χ0n) is 7.59. The Balaban J connectivity index is 2.53. The summed E-state index contributed by atoms with van der Waals surface area (Å²) in [5.41, 5.74) is 6.25. The Morgan fingerprint density at radius 3 is 3.00 bits per heavy atom. The maximum atomic E-state index is 5.76. The number of aryl methyl sites for hydroxylation is 1. The van der Waals surface area contributed by atoms with E-state index in [2.05, 4.69) is 4.98 Å². The van der Waals surface area contributed by atoms with Crippen molar-refractivity contribution in [1.82, 2.24) is 4.98 Å². The zero-order chi connectivity index (χ0) is 9.68. The lowest BCUT2D eigenvalue weighted by Crippen LogP contribution is -2.06. The van der Waals surface area contributed by atoms with Crippen molar-refractivity contribution in [3.05, 3.63) is 23.0 Å². The van der Waals surface area contributed by atoms with Gasteiger partial charge in [0.1, 0.15) is 10.9 Å². The van der Waals surface area contributed by atoms with E-state index in [1.54, 1.807) is 6.20 Å². The summed E-state index contributed by atoms with van der Waals surface area (Å²) in [6, 6.07) is 1.87. The summed E-state index contributed by atoms with van der Waals surface area (Å²) in [4.78, 5) is 3.97.